The lowest BCUT2D eigenvalue weighted by atomic mass is 10.2. The molecular weight excluding hydrogens is 455 g/mol. The maximum absolute atomic E-state index is 13.2. The fraction of sp³-hybridized carbons (Fsp3) is 0.0909. The van der Waals surface area contributed by atoms with Crippen LogP contribution < -0.4 is 5.32 Å². The molecule has 0 atom stereocenters. The molecule has 4 rings (SSSR count). The minimum absolute atomic E-state index is 0.0119. The van der Waals surface area contributed by atoms with E-state index in [1.807, 2.05) is 6.92 Å². The molecule has 7 nitrogen and oxygen atoms in total. The van der Waals surface area contributed by atoms with Gasteiger partial charge in [0, 0.05) is 5.69 Å². The molecule has 0 radical (unpaired) electrons. The number of amides is 1. The van der Waals surface area contributed by atoms with Crippen LogP contribution in [0, 0.1) is 12.7 Å². The van der Waals surface area contributed by atoms with E-state index >= 15 is 0 Å². The Bertz CT molecular complexity index is 1330. The Morgan fingerprint density at radius 1 is 1.09 bits per heavy atom. The molecule has 0 saturated heterocycles. The molecule has 32 heavy (non-hydrogen) atoms. The highest BCUT2D eigenvalue weighted by Gasteiger charge is 2.29. The third-order valence-corrected chi connectivity index (χ3v) is 7.10. The number of carbonyl (C=O) groups is 1. The summed E-state index contributed by atoms with van der Waals surface area (Å²) in [6, 6.07) is 14.8. The van der Waals surface area contributed by atoms with Gasteiger partial charge in [-0.25, -0.2) is 12.8 Å². The van der Waals surface area contributed by atoms with Crippen molar-refractivity contribution in [2.75, 3.05) is 11.1 Å². The lowest BCUT2D eigenvalue weighted by molar-refractivity contribution is -0.113. The quantitative estimate of drug-likeness (QED) is 0.380. The van der Waals surface area contributed by atoms with Gasteiger partial charge in [-0.2, -0.15) is 4.98 Å². The number of benzene rings is 2. The average molecular weight is 473 g/mol. The molecular formula is C22H17FN2O5S2. The van der Waals surface area contributed by atoms with Crippen LogP contribution in [0.15, 0.2) is 90.8 Å². The van der Waals surface area contributed by atoms with E-state index in [1.54, 1.807) is 24.3 Å². The molecule has 0 bridgehead atoms. The van der Waals surface area contributed by atoms with Crippen LogP contribution in [0.25, 0.3) is 11.7 Å². The number of oxazole rings is 1. The number of carbonyl (C=O) groups excluding carboxylic acids is 1. The first-order valence-corrected chi connectivity index (χ1v) is 11.8. The highest BCUT2D eigenvalue weighted by molar-refractivity contribution is 8.00. The van der Waals surface area contributed by atoms with Crippen LogP contribution in [0.2, 0.25) is 0 Å². The van der Waals surface area contributed by atoms with Gasteiger partial charge in [-0.1, -0.05) is 29.5 Å². The number of anilines is 1. The molecule has 0 fully saturated rings. The van der Waals surface area contributed by atoms with Crippen molar-refractivity contribution in [3.8, 4) is 11.7 Å². The van der Waals surface area contributed by atoms with Gasteiger partial charge in [0.1, 0.15) is 5.82 Å². The maximum Gasteiger partial charge on any atom is 0.265 e. The number of aryl methyl sites for hydroxylation is 1. The molecule has 0 spiro atoms. The Hall–Kier alpha value is -3.37. The first-order chi connectivity index (χ1) is 15.3. The van der Waals surface area contributed by atoms with Crippen LogP contribution in [0.3, 0.4) is 0 Å². The predicted molar refractivity (Wildman–Crippen MR) is 117 cm³/mol. The second kappa shape index (κ2) is 9.01. The van der Waals surface area contributed by atoms with E-state index in [-0.39, 0.29) is 32.4 Å². The number of aromatic nitrogens is 1. The number of furan rings is 1. The number of hydrogen-bond donors (Lipinski definition) is 1. The lowest BCUT2D eigenvalue weighted by Gasteiger charge is -2.05. The van der Waals surface area contributed by atoms with Crippen molar-refractivity contribution in [3.05, 3.63) is 78.3 Å². The molecule has 0 saturated carbocycles. The largest absolute Gasteiger partial charge is 0.459 e. The number of rotatable bonds is 7. The van der Waals surface area contributed by atoms with E-state index in [0.29, 0.717) is 5.69 Å². The van der Waals surface area contributed by atoms with Crippen molar-refractivity contribution in [1.82, 2.24) is 4.98 Å². The number of halogens is 1. The maximum atomic E-state index is 13.2. The van der Waals surface area contributed by atoms with Gasteiger partial charge in [0.05, 0.1) is 16.9 Å². The Morgan fingerprint density at radius 2 is 1.81 bits per heavy atom. The summed E-state index contributed by atoms with van der Waals surface area (Å²) in [6.45, 7) is 1.85. The van der Waals surface area contributed by atoms with Crippen LogP contribution in [-0.4, -0.2) is 25.1 Å². The Labute approximate surface area is 187 Å². The summed E-state index contributed by atoms with van der Waals surface area (Å²) in [5.74, 6) is -0.748. The molecule has 10 heteroatoms. The van der Waals surface area contributed by atoms with Crippen LogP contribution in [0.4, 0.5) is 10.1 Å². The Balaban J connectivity index is 1.61. The van der Waals surface area contributed by atoms with Gasteiger partial charge in [-0.15, -0.1) is 0 Å². The molecule has 0 aliphatic rings. The third kappa shape index (κ3) is 4.76. The van der Waals surface area contributed by atoms with E-state index in [0.717, 1.165) is 17.3 Å². The molecule has 164 valence electrons. The fourth-order valence-electron chi connectivity index (χ4n) is 2.75. The molecule has 1 N–H and O–H groups in total. The summed E-state index contributed by atoms with van der Waals surface area (Å²) in [6.07, 6.45) is 1.41. The second-order valence-corrected chi connectivity index (χ2v) is 9.56. The summed E-state index contributed by atoms with van der Waals surface area (Å²) in [7, 11) is -4.01. The van der Waals surface area contributed by atoms with Crippen molar-refractivity contribution < 1.29 is 26.4 Å². The van der Waals surface area contributed by atoms with Gasteiger partial charge in [-0.05, 0) is 55.5 Å². The SMILES string of the molecule is Cc1ccc(S(=O)(=O)c2nc(-c3ccco3)oc2SCC(=O)Nc2ccc(F)cc2)cc1. The van der Waals surface area contributed by atoms with E-state index < -0.39 is 21.6 Å². The first kappa shape index (κ1) is 21.8. The monoisotopic (exact) mass is 472 g/mol. The van der Waals surface area contributed by atoms with Crippen LogP contribution in [-0.2, 0) is 14.6 Å². The topological polar surface area (TPSA) is 102 Å². The highest BCUT2D eigenvalue weighted by Crippen LogP contribution is 2.35. The van der Waals surface area contributed by atoms with E-state index in [9.17, 15) is 17.6 Å². The van der Waals surface area contributed by atoms with Crippen molar-refractivity contribution in [2.24, 2.45) is 0 Å². The fourth-order valence-corrected chi connectivity index (χ4v) is 5.08. The highest BCUT2D eigenvalue weighted by atomic mass is 32.2. The number of thioether (sulfide) groups is 1. The smallest absolute Gasteiger partial charge is 0.265 e. The van der Waals surface area contributed by atoms with E-state index in [1.165, 1.54) is 42.7 Å². The average Bonchev–Trinajstić information content (AvgIpc) is 3.44. The molecule has 0 aliphatic heterocycles. The Morgan fingerprint density at radius 3 is 2.47 bits per heavy atom. The van der Waals surface area contributed by atoms with E-state index in [4.69, 9.17) is 8.83 Å². The van der Waals surface area contributed by atoms with Gasteiger partial charge in [0.25, 0.3) is 5.89 Å². The Kier molecular flexibility index (Phi) is 6.15. The molecule has 2 heterocycles. The summed E-state index contributed by atoms with van der Waals surface area (Å²) < 4.78 is 50.4. The van der Waals surface area contributed by atoms with Crippen LogP contribution in [0.1, 0.15) is 5.56 Å². The lowest BCUT2D eigenvalue weighted by Crippen LogP contribution is -2.14. The normalized spacial score (nSPS) is 11.4. The van der Waals surface area contributed by atoms with Crippen LogP contribution >= 0.6 is 11.8 Å². The zero-order valence-electron chi connectivity index (χ0n) is 16.7. The van der Waals surface area contributed by atoms with Crippen molar-refractivity contribution in [2.45, 2.75) is 21.9 Å². The minimum Gasteiger partial charge on any atom is -0.459 e. The van der Waals surface area contributed by atoms with Crippen molar-refractivity contribution >= 4 is 33.2 Å². The summed E-state index contributed by atoms with van der Waals surface area (Å²) in [5, 5.41) is 2.28. The van der Waals surface area contributed by atoms with Gasteiger partial charge >= 0.3 is 0 Å². The standard InChI is InChI=1S/C22H17FN2O5S2/c1-14-4-10-17(11-5-14)32(27,28)21-22(30-20(25-21)18-3-2-12-29-18)31-13-19(26)24-16-8-6-15(23)7-9-16/h2-12H,13H2,1H3,(H,24,26). The molecule has 0 unspecified atom stereocenters. The van der Waals surface area contributed by atoms with E-state index in [2.05, 4.69) is 10.3 Å². The van der Waals surface area contributed by atoms with Gasteiger partial charge in [-0.3, -0.25) is 4.79 Å². The number of nitrogens with one attached hydrogen (secondary N) is 1. The number of sulfone groups is 1. The zero-order valence-corrected chi connectivity index (χ0v) is 18.4. The van der Waals surface area contributed by atoms with Gasteiger partial charge < -0.3 is 14.2 Å². The zero-order chi connectivity index (χ0) is 22.7. The molecule has 2 aromatic carbocycles. The first-order valence-electron chi connectivity index (χ1n) is 9.37. The summed E-state index contributed by atoms with van der Waals surface area (Å²) >= 11 is 0.884. The number of nitrogens with zero attached hydrogens (tertiary/aromatic N) is 1. The second-order valence-electron chi connectivity index (χ2n) is 6.75. The van der Waals surface area contributed by atoms with Gasteiger partial charge in [0.2, 0.25) is 25.9 Å². The summed E-state index contributed by atoms with van der Waals surface area (Å²) in [4.78, 5) is 16.5. The number of hydrogen-bond acceptors (Lipinski definition) is 7. The van der Waals surface area contributed by atoms with Crippen molar-refractivity contribution in [1.29, 1.82) is 0 Å². The van der Waals surface area contributed by atoms with Crippen LogP contribution in [0.5, 0.6) is 0 Å². The predicted octanol–water partition coefficient (Wildman–Crippen LogP) is 4.95. The summed E-state index contributed by atoms with van der Waals surface area (Å²) in [5.41, 5.74) is 1.32. The third-order valence-electron chi connectivity index (χ3n) is 4.35. The van der Waals surface area contributed by atoms with Crippen molar-refractivity contribution in [3.63, 3.8) is 0 Å². The minimum atomic E-state index is -4.01. The van der Waals surface area contributed by atoms with Gasteiger partial charge in [0.15, 0.2) is 5.76 Å². The molecule has 1 amide bonds. The molecule has 4 aromatic rings. The molecule has 0 aliphatic carbocycles. The molecule has 2 aromatic heterocycles.